The molecule has 1 atom stereocenters. The number of ether oxygens (including phenoxy) is 1. The molecule has 0 fully saturated rings. The molecule has 0 N–H and O–H groups in total. The second-order valence-electron chi connectivity index (χ2n) is 4.98. The Labute approximate surface area is 143 Å². The third kappa shape index (κ3) is 4.43. The first kappa shape index (κ1) is 16.7. The van der Waals surface area contributed by atoms with Gasteiger partial charge in [-0.25, -0.2) is 4.39 Å². The molecule has 0 aliphatic heterocycles. The van der Waals surface area contributed by atoms with Gasteiger partial charge in [0.2, 0.25) is 0 Å². The summed E-state index contributed by atoms with van der Waals surface area (Å²) in [5.74, 6) is 0.255. The van der Waals surface area contributed by atoms with Crippen molar-refractivity contribution in [2.75, 3.05) is 13.7 Å². The van der Waals surface area contributed by atoms with Crippen molar-refractivity contribution in [1.82, 2.24) is 4.90 Å². The predicted molar refractivity (Wildman–Crippen MR) is 92.2 cm³/mol. The van der Waals surface area contributed by atoms with Crippen molar-refractivity contribution in [3.05, 3.63) is 63.5 Å². The van der Waals surface area contributed by atoms with Crippen molar-refractivity contribution in [3.63, 3.8) is 0 Å². The predicted octanol–water partition coefficient (Wildman–Crippen LogP) is 4.03. The zero-order chi connectivity index (χ0) is 16.1. The van der Waals surface area contributed by atoms with Crippen LogP contribution in [0, 0.1) is 9.39 Å². The minimum Gasteiger partial charge on any atom is -0.484 e. The summed E-state index contributed by atoms with van der Waals surface area (Å²) in [7, 11) is 1.72. The van der Waals surface area contributed by atoms with Crippen LogP contribution in [0.25, 0.3) is 0 Å². The lowest BCUT2D eigenvalue weighted by atomic mass is 10.1. The van der Waals surface area contributed by atoms with Crippen LogP contribution in [0.2, 0.25) is 0 Å². The fraction of sp³-hybridized carbons (Fsp3) is 0.235. The van der Waals surface area contributed by atoms with Crippen LogP contribution in [0.1, 0.15) is 18.5 Å². The second-order valence-corrected chi connectivity index (χ2v) is 6.22. The highest BCUT2D eigenvalue weighted by Gasteiger charge is 2.17. The first-order chi connectivity index (χ1) is 10.5. The Kier molecular flexibility index (Phi) is 5.76. The van der Waals surface area contributed by atoms with Crippen molar-refractivity contribution >= 4 is 28.5 Å². The van der Waals surface area contributed by atoms with Gasteiger partial charge in [0.05, 0.1) is 6.04 Å². The molecule has 0 heterocycles. The summed E-state index contributed by atoms with van der Waals surface area (Å²) in [6, 6.07) is 13.5. The van der Waals surface area contributed by atoms with E-state index in [0.717, 1.165) is 9.13 Å². The molecule has 0 aliphatic carbocycles. The summed E-state index contributed by atoms with van der Waals surface area (Å²) < 4.78 is 19.5. The van der Waals surface area contributed by atoms with Gasteiger partial charge in [-0.1, -0.05) is 18.2 Å². The van der Waals surface area contributed by atoms with E-state index in [9.17, 15) is 9.18 Å². The van der Waals surface area contributed by atoms with Gasteiger partial charge in [0, 0.05) is 10.6 Å². The molecule has 0 bridgehead atoms. The highest BCUT2D eigenvalue weighted by molar-refractivity contribution is 14.1. The van der Waals surface area contributed by atoms with Gasteiger partial charge in [-0.2, -0.15) is 0 Å². The third-order valence-corrected chi connectivity index (χ3v) is 4.16. The van der Waals surface area contributed by atoms with Crippen molar-refractivity contribution in [1.29, 1.82) is 0 Å². The fourth-order valence-corrected chi connectivity index (χ4v) is 2.50. The van der Waals surface area contributed by atoms with E-state index < -0.39 is 0 Å². The maximum Gasteiger partial charge on any atom is 0.260 e. The lowest BCUT2D eigenvalue weighted by molar-refractivity contribution is -0.134. The van der Waals surface area contributed by atoms with Gasteiger partial charge in [-0.15, -0.1) is 0 Å². The first-order valence-corrected chi connectivity index (χ1v) is 7.94. The maximum absolute atomic E-state index is 12.9. The Hall–Kier alpha value is -1.63. The van der Waals surface area contributed by atoms with Crippen LogP contribution >= 0.6 is 22.6 Å². The smallest absolute Gasteiger partial charge is 0.260 e. The number of amides is 1. The average Bonchev–Trinajstić information content (AvgIpc) is 2.52. The molecule has 2 aromatic rings. The molecule has 22 heavy (non-hydrogen) atoms. The molecule has 116 valence electrons. The van der Waals surface area contributed by atoms with Gasteiger partial charge in [0.1, 0.15) is 11.6 Å². The molecule has 0 aliphatic rings. The van der Waals surface area contributed by atoms with E-state index in [-0.39, 0.29) is 24.4 Å². The number of halogens is 2. The average molecular weight is 413 g/mol. The van der Waals surface area contributed by atoms with Crippen molar-refractivity contribution in [3.8, 4) is 5.75 Å². The molecule has 2 rings (SSSR count). The quantitative estimate of drug-likeness (QED) is 0.693. The number of hydrogen-bond acceptors (Lipinski definition) is 2. The zero-order valence-corrected chi connectivity index (χ0v) is 14.6. The van der Waals surface area contributed by atoms with Crippen molar-refractivity contribution in [2.24, 2.45) is 0 Å². The summed E-state index contributed by atoms with van der Waals surface area (Å²) in [4.78, 5) is 13.8. The Bertz CT molecular complexity index is 645. The first-order valence-electron chi connectivity index (χ1n) is 6.87. The van der Waals surface area contributed by atoms with Crippen LogP contribution in [0.3, 0.4) is 0 Å². The van der Waals surface area contributed by atoms with E-state index in [1.165, 1.54) is 12.1 Å². The SMILES string of the molecule is CC(c1ccc(F)cc1)N(C)C(=O)COc1cccc(I)c1. The Morgan fingerprint density at radius 3 is 2.59 bits per heavy atom. The summed E-state index contributed by atoms with van der Waals surface area (Å²) >= 11 is 2.19. The topological polar surface area (TPSA) is 29.5 Å². The molecule has 0 saturated heterocycles. The molecule has 1 amide bonds. The van der Waals surface area contributed by atoms with E-state index >= 15 is 0 Å². The Morgan fingerprint density at radius 1 is 1.27 bits per heavy atom. The molecule has 1 unspecified atom stereocenters. The molecular formula is C17H17FINO2. The minimum atomic E-state index is -0.285. The van der Waals surface area contributed by atoms with Crippen LogP contribution in [0.4, 0.5) is 4.39 Å². The highest BCUT2D eigenvalue weighted by atomic mass is 127. The zero-order valence-electron chi connectivity index (χ0n) is 12.4. The number of benzene rings is 2. The van der Waals surface area contributed by atoms with Gasteiger partial charge in [-0.3, -0.25) is 4.79 Å². The van der Waals surface area contributed by atoms with E-state index in [4.69, 9.17) is 4.74 Å². The summed E-state index contributed by atoms with van der Waals surface area (Å²) in [5.41, 5.74) is 0.881. The summed E-state index contributed by atoms with van der Waals surface area (Å²) in [6.07, 6.45) is 0. The number of nitrogens with zero attached hydrogens (tertiary/aromatic N) is 1. The number of rotatable bonds is 5. The maximum atomic E-state index is 12.9. The summed E-state index contributed by atoms with van der Waals surface area (Å²) in [5, 5.41) is 0. The van der Waals surface area contributed by atoms with Crippen LogP contribution in [-0.2, 0) is 4.79 Å². The molecule has 0 radical (unpaired) electrons. The molecule has 0 aromatic heterocycles. The van der Waals surface area contributed by atoms with Crippen LogP contribution in [0.5, 0.6) is 5.75 Å². The van der Waals surface area contributed by atoms with E-state index in [1.807, 2.05) is 31.2 Å². The monoisotopic (exact) mass is 413 g/mol. The van der Waals surface area contributed by atoms with Crippen LogP contribution < -0.4 is 4.74 Å². The lowest BCUT2D eigenvalue weighted by Crippen LogP contribution is -2.33. The molecule has 0 saturated carbocycles. The minimum absolute atomic E-state index is 0.0257. The van der Waals surface area contributed by atoms with E-state index in [1.54, 1.807) is 24.1 Å². The fourth-order valence-electron chi connectivity index (χ4n) is 1.98. The van der Waals surface area contributed by atoms with Gasteiger partial charge < -0.3 is 9.64 Å². The number of carbonyl (C=O) groups excluding carboxylic acids is 1. The third-order valence-electron chi connectivity index (χ3n) is 3.49. The number of carbonyl (C=O) groups is 1. The molecule has 0 spiro atoms. The normalized spacial score (nSPS) is 11.8. The van der Waals surface area contributed by atoms with Gasteiger partial charge >= 0.3 is 0 Å². The summed E-state index contributed by atoms with van der Waals surface area (Å²) in [6.45, 7) is 1.87. The second kappa shape index (κ2) is 7.58. The standard InChI is InChI=1S/C17H17FINO2/c1-12(13-6-8-14(18)9-7-13)20(2)17(21)11-22-16-5-3-4-15(19)10-16/h3-10,12H,11H2,1-2H3. The van der Waals surface area contributed by atoms with E-state index in [2.05, 4.69) is 22.6 Å². The van der Waals surface area contributed by atoms with Gasteiger partial charge in [0.25, 0.3) is 5.91 Å². The van der Waals surface area contributed by atoms with Crippen molar-refractivity contribution < 1.29 is 13.9 Å². The molecule has 5 heteroatoms. The van der Waals surface area contributed by atoms with Crippen LogP contribution in [-0.4, -0.2) is 24.5 Å². The number of likely N-dealkylation sites (N-methyl/N-ethyl adjacent to an activating group) is 1. The molecule has 3 nitrogen and oxygen atoms in total. The van der Waals surface area contributed by atoms with Gasteiger partial charge in [-0.05, 0) is 65.4 Å². The molecular weight excluding hydrogens is 396 g/mol. The molecule has 2 aromatic carbocycles. The number of hydrogen-bond donors (Lipinski definition) is 0. The van der Waals surface area contributed by atoms with Crippen molar-refractivity contribution in [2.45, 2.75) is 13.0 Å². The van der Waals surface area contributed by atoms with Crippen LogP contribution in [0.15, 0.2) is 48.5 Å². The largest absolute Gasteiger partial charge is 0.484 e. The van der Waals surface area contributed by atoms with E-state index in [0.29, 0.717) is 5.75 Å². The highest BCUT2D eigenvalue weighted by Crippen LogP contribution is 2.20. The lowest BCUT2D eigenvalue weighted by Gasteiger charge is -2.25. The Balaban J connectivity index is 1.95. The Morgan fingerprint density at radius 2 is 1.95 bits per heavy atom. The van der Waals surface area contributed by atoms with Gasteiger partial charge in [0.15, 0.2) is 6.61 Å².